The highest BCUT2D eigenvalue weighted by Crippen LogP contribution is 2.39. The highest BCUT2D eigenvalue weighted by molar-refractivity contribution is 7.80. The van der Waals surface area contributed by atoms with Crippen molar-refractivity contribution in [3.05, 3.63) is 82.7 Å². The molecule has 1 aliphatic rings. The molecular weight excluding hydrogens is 463 g/mol. The summed E-state index contributed by atoms with van der Waals surface area (Å²) in [5, 5.41) is 4.15. The lowest BCUT2D eigenvalue weighted by molar-refractivity contribution is 0.190. The number of thiocarbonyl (C=S) groups is 1. The minimum atomic E-state index is -0.297. The molecule has 0 radical (unpaired) electrons. The van der Waals surface area contributed by atoms with Crippen molar-refractivity contribution in [2.75, 3.05) is 32.7 Å². The minimum Gasteiger partial charge on any atom is -0.493 e. The molecule has 3 aromatic rings. The van der Waals surface area contributed by atoms with Crippen LogP contribution in [0, 0.1) is 12.7 Å². The van der Waals surface area contributed by atoms with E-state index in [4.69, 9.17) is 26.4 Å². The van der Waals surface area contributed by atoms with Crippen LogP contribution in [0.3, 0.4) is 0 Å². The minimum absolute atomic E-state index is 0.169. The second-order valence-electron chi connectivity index (χ2n) is 8.52. The molecule has 0 bridgehead atoms. The third-order valence-electron chi connectivity index (χ3n) is 6.46. The topological polar surface area (TPSA) is 43.0 Å². The van der Waals surface area contributed by atoms with Gasteiger partial charge in [0, 0.05) is 12.2 Å². The molecule has 0 aliphatic carbocycles. The van der Waals surface area contributed by atoms with Gasteiger partial charge in [0.25, 0.3) is 0 Å². The molecule has 0 spiro atoms. The molecule has 0 amide bonds. The number of benzene rings is 3. The van der Waals surface area contributed by atoms with Crippen LogP contribution < -0.4 is 19.5 Å². The maximum Gasteiger partial charge on any atom is 0.174 e. The quantitative estimate of drug-likeness (QED) is 0.401. The van der Waals surface area contributed by atoms with Crippen molar-refractivity contribution in [3.8, 4) is 17.2 Å². The monoisotopic (exact) mass is 494 g/mol. The number of hydrogen-bond donors (Lipinski definition) is 1. The Morgan fingerprint density at radius 1 is 1.09 bits per heavy atom. The smallest absolute Gasteiger partial charge is 0.174 e. The number of nitrogens with one attached hydrogen (secondary N) is 1. The predicted octanol–water partition coefficient (Wildman–Crippen LogP) is 6.09. The Balaban J connectivity index is 1.67. The molecule has 0 aromatic heterocycles. The van der Waals surface area contributed by atoms with Crippen LogP contribution in [0.4, 0.5) is 10.1 Å². The number of para-hydroxylation sites is 1. The van der Waals surface area contributed by atoms with Gasteiger partial charge in [-0.2, -0.15) is 0 Å². The zero-order valence-electron chi connectivity index (χ0n) is 20.6. The Morgan fingerprint density at radius 2 is 1.80 bits per heavy atom. The van der Waals surface area contributed by atoms with Crippen molar-refractivity contribution in [3.63, 3.8) is 0 Å². The molecule has 1 atom stereocenters. The van der Waals surface area contributed by atoms with E-state index in [-0.39, 0.29) is 11.9 Å². The summed E-state index contributed by atoms with van der Waals surface area (Å²) in [6, 6.07) is 16.2. The van der Waals surface area contributed by atoms with Gasteiger partial charge in [-0.05, 0) is 90.6 Å². The summed E-state index contributed by atoms with van der Waals surface area (Å²) in [6.07, 6.45) is 1.71. The average molecular weight is 495 g/mol. The molecule has 0 saturated heterocycles. The van der Waals surface area contributed by atoms with Crippen molar-refractivity contribution < 1.29 is 18.6 Å². The van der Waals surface area contributed by atoms with Gasteiger partial charge in [0.1, 0.15) is 18.2 Å². The number of halogens is 1. The summed E-state index contributed by atoms with van der Waals surface area (Å²) in [7, 11) is 3.27. The zero-order chi connectivity index (χ0) is 24.9. The van der Waals surface area contributed by atoms with E-state index in [9.17, 15) is 4.39 Å². The van der Waals surface area contributed by atoms with Crippen molar-refractivity contribution in [1.82, 2.24) is 4.90 Å². The van der Waals surface area contributed by atoms with Crippen LogP contribution in [-0.2, 0) is 12.8 Å². The fourth-order valence-electron chi connectivity index (χ4n) is 4.54. The van der Waals surface area contributed by atoms with Crippen molar-refractivity contribution in [1.29, 1.82) is 0 Å². The van der Waals surface area contributed by atoms with Gasteiger partial charge < -0.3 is 24.4 Å². The van der Waals surface area contributed by atoms with E-state index in [1.54, 1.807) is 26.4 Å². The third kappa shape index (κ3) is 5.35. The summed E-state index contributed by atoms with van der Waals surface area (Å²) >= 11 is 5.94. The highest BCUT2D eigenvalue weighted by Gasteiger charge is 2.32. The first-order valence-corrected chi connectivity index (χ1v) is 12.1. The van der Waals surface area contributed by atoms with Crippen LogP contribution in [0.1, 0.15) is 35.2 Å². The highest BCUT2D eigenvalue weighted by atomic mass is 32.1. The number of anilines is 1. The molecule has 35 heavy (non-hydrogen) atoms. The summed E-state index contributed by atoms with van der Waals surface area (Å²) in [5.74, 6) is 1.66. The Kier molecular flexibility index (Phi) is 7.76. The predicted molar refractivity (Wildman–Crippen MR) is 141 cm³/mol. The summed E-state index contributed by atoms with van der Waals surface area (Å²) in [4.78, 5) is 2.17. The fourth-order valence-corrected chi connectivity index (χ4v) is 4.86. The molecule has 184 valence electrons. The summed E-state index contributed by atoms with van der Waals surface area (Å²) in [5.41, 5.74) is 5.65. The number of aryl methyl sites for hydroxylation is 2. The number of ether oxygens (including phenoxy) is 3. The SMILES string of the molecule is CCc1cccc(C)c1NC(=S)N1CCc2cc(OC)c(OC)cc2[C@H]1COc1ccc(F)cc1. The first-order valence-electron chi connectivity index (χ1n) is 11.7. The van der Waals surface area contributed by atoms with Gasteiger partial charge in [-0.1, -0.05) is 25.1 Å². The molecule has 4 rings (SSSR count). The van der Waals surface area contributed by atoms with Crippen LogP contribution in [0.25, 0.3) is 0 Å². The first kappa shape index (κ1) is 24.8. The largest absolute Gasteiger partial charge is 0.493 e. The normalized spacial score (nSPS) is 14.8. The molecular formula is C28H31FN2O3S. The van der Waals surface area contributed by atoms with Crippen LogP contribution >= 0.6 is 12.2 Å². The van der Waals surface area contributed by atoms with Crippen molar-refractivity contribution >= 4 is 23.0 Å². The second-order valence-corrected chi connectivity index (χ2v) is 8.91. The summed E-state index contributed by atoms with van der Waals surface area (Å²) < 4.78 is 30.6. The number of methoxy groups -OCH3 is 2. The van der Waals surface area contributed by atoms with Crippen molar-refractivity contribution in [2.24, 2.45) is 0 Å². The van der Waals surface area contributed by atoms with Gasteiger partial charge >= 0.3 is 0 Å². The third-order valence-corrected chi connectivity index (χ3v) is 6.79. The lowest BCUT2D eigenvalue weighted by atomic mass is 9.92. The molecule has 0 unspecified atom stereocenters. The van der Waals surface area contributed by atoms with Crippen LogP contribution in [0.15, 0.2) is 54.6 Å². The zero-order valence-corrected chi connectivity index (χ0v) is 21.4. The standard InChI is InChI=1S/C28H31FN2O3S/c1-5-19-8-6-7-18(2)27(19)30-28(35)31-14-13-20-15-25(32-3)26(33-4)16-23(20)24(31)17-34-22-11-9-21(29)10-12-22/h6-12,15-16,24H,5,13-14,17H2,1-4H3,(H,30,35)/t24-/m1/s1. The Labute approximate surface area is 211 Å². The van der Waals surface area contributed by atoms with Gasteiger partial charge in [-0.25, -0.2) is 4.39 Å². The molecule has 1 N–H and O–H groups in total. The van der Waals surface area contributed by atoms with Crippen LogP contribution in [0.2, 0.25) is 0 Å². The Hall–Kier alpha value is -3.32. The van der Waals surface area contributed by atoms with E-state index in [1.807, 2.05) is 12.1 Å². The molecule has 5 nitrogen and oxygen atoms in total. The second kappa shape index (κ2) is 11.0. The van der Waals surface area contributed by atoms with E-state index in [0.717, 1.165) is 36.2 Å². The van der Waals surface area contributed by atoms with Gasteiger partial charge in [-0.3, -0.25) is 0 Å². The maximum absolute atomic E-state index is 13.4. The maximum atomic E-state index is 13.4. The van der Waals surface area contributed by atoms with E-state index in [1.165, 1.54) is 23.3 Å². The fraction of sp³-hybridized carbons (Fsp3) is 0.321. The Morgan fingerprint density at radius 3 is 2.49 bits per heavy atom. The molecule has 3 aromatic carbocycles. The number of fused-ring (bicyclic) bond motifs is 1. The van der Waals surface area contributed by atoms with E-state index in [0.29, 0.717) is 29.0 Å². The molecule has 0 saturated carbocycles. The summed E-state index contributed by atoms with van der Waals surface area (Å²) in [6.45, 7) is 5.28. The van der Waals surface area contributed by atoms with Crippen LogP contribution in [0.5, 0.6) is 17.2 Å². The van der Waals surface area contributed by atoms with Crippen LogP contribution in [-0.4, -0.2) is 37.4 Å². The first-order chi connectivity index (χ1) is 16.9. The number of nitrogens with zero attached hydrogens (tertiary/aromatic N) is 1. The van der Waals surface area contributed by atoms with Gasteiger partial charge in [0.15, 0.2) is 16.6 Å². The van der Waals surface area contributed by atoms with E-state index < -0.39 is 0 Å². The van der Waals surface area contributed by atoms with Gasteiger partial charge in [0.05, 0.1) is 20.3 Å². The lowest BCUT2D eigenvalue weighted by Crippen LogP contribution is -2.44. The Bertz CT molecular complexity index is 1200. The van der Waals surface area contributed by atoms with E-state index >= 15 is 0 Å². The molecule has 7 heteroatoms. The lowest BCUT2D eigenvalue weighted by Gasteiger charge is -2.39. The van der Waals surface area contributed by atoms with Gasteiger partial charge in [-0.15, -0.1) is 0 Å². The number of hydrogen-bond acceptors (Lipinski definition) is 4. The van der Waals surface area contributed by atoms with E-state index in [2.05, 4.69) is 42.3 Å². The molecule has 1 heterocycles. The molecule has 1 aliphatic heterocycles. The average Bonchev–Trinajstić information content (AvgIpc) is 2.88. The number of rotatable bonds is 7. The van der Waals surface area contributed by atoms with Gasteiger partial charge in [0.2, 0.25) is 0 Å². The van der Waals surface area contributed by atoms with Crippen molar-refractivity contribution in [2.45, 2.75) is 32.7 Å². The molecule has 0 fully saturated rings.